The standard InChI is InChI=1S/C7HBr2F5O/c8-2-1-3(15-7(12,13)14)5(10)6(11)4(2)9/h1H. The van der Waals surface area contributed by atoms with Crippen molar-refractivity contribution in [3.63, 3.8) is 0 Å². The molecule has 0 heterocycles. The third-order valence-electron chi connectivity index (χ3n) is 1.29. The second-order valence-corrected chi connectivity index (χ2v) is 3.99. The average molecular weight is 356 g/mol. The van der Waals surface area contributed by atoms with Gasteiger partial charge in [0.05, 0.1) is 4.47 Å². The van der Waals surface area contributed by atoms with Gasteiger partial charge in [-0.25, -0.2) is 4.39 Å². The van der Waals surface area contributed by atoms with Gasteiger partial charge in [-0.2, -0.15) is 4.39 Å². The fourth-order valence-electron chi connectivity index (χ4n) is 0.750. The summed E-state index contributed by atoms with van der Waals surface area (Å²) in [6.45, 7) is 0. The number of halogens is 7. The van der Waals surface area contributed by atoms with Crippen molar-refractivity contribution < 1.29 is 26.7 Å². The van der Waals surface area contributed by atoms with Crippen molar-refractivity contribution in [2.24, 2.45) is 0 Å². The number of ether oxygens (including phenoxy) is 1. The third-order valence-corrected chi connectivity index (χ3v) is 3.23. The van der Waals surface area contributed by atoms with Gasteiger partial charge in [0, 0.05) is 4.47 Å². The average Bonchev–Trinajstić information content (AvgIpc) is 2.08. The summed E-state index contributed by atoms with van der Waals surface area (Å²) < 4.78 is 64.0. The summed E-state index contributed by atoms with van der Waals surface area (Å²) in [4.78, 5) is 0. The van der Waals surface area contributed by atoms with Gasteiger partial charge in [-0.1, -0.05) is 0 Å². The molecular formula is C7HBr2F5O. The summed E-state index contributed by atoms with van der Waals surface area (Å²) in [5.74, 6) is -4.39. The molecule has 1 rings (SSSR count). The van der Waals surface area contributed by atoms with Crippen molar-refractivity contribution in [1.82, 2.24) is 0 Å². The topological polar surface area (TPSA) is 9.23 Å². The molecule has 8 heteroatoms. The smallest absolute Gasteiger partial charge is 0.402 e. The lowest BCUT2D eigenvalue weighted by atomic mass is 10.3. The Morgan fingerprint density at radius 3 is 2.07 bits per heavy atom. The van der Waals surface area contributed by atoms with Gasteiger partial charge in [0.2, 0.25) is 5.82 Å². The van der Waals surface area contributed by atoms with Gasteiger partial charge in [0.25, 0.3) is 0 Å². The second kappa shape index (κ2) is 4.25. The Kier molecular flexibility index (Phi) is 3.59. The van der Waals surface area contributed by atoms with Gasteiger partial charge in [-0.3, -0.25) is 0 Å². The van der Waals surface area contributed by atoms with E-state index in [4.69, 9.17) is 0 Å². The predicted molar refractivity (Wildman–Crippen MR) is 48.4 cm³/mol. The predicted octanol–water partition coefficient (Wildman–Crippen LogP) is 4.39. The maximum Gasteiger partial charge on any atom is 0.573 e. The summed E-state index contributed by atoms with van der Waals surface area (Å²) >= 11 is 5.38. The van der Waals surface area contributed by atoms with E-state index in [1.165, 1.54) is 0 Å². The summed E-state index contributed by atoms with van der Waals surface area (Å²) in [7, 11) is 0. The minimum atomic E-state index is -5.07. The molecular weight excluding hydrogens is 355 g/mol. The van der Waals surface area contributed by atoms with Gasteiger partial charge in [-0.05, 0) is 37.9 Å². The molecule has 84 valence electrons. The molecule has 0 unspecified atom stereocenters. The Labute approximate surface area is 97.5 Å². The molecule has 0 aliphatic rings. The lowest BCUT2D eigenvalue weighted by Crippen LogP contribution is -2.18. The molecule has 0 N–H and O–H groups in total. The van der Waals surface area contributed by atoms with E-state index in [2.05, 4.69) is 36.6 Å². The Balaban J connectivity index is 3.21. The highest BCUT2D eigenvalue weighted by molar-refractivity contribution is 9.13. The second-order valence-electron chi connectivity index (χ2n) is 2.35. The number of hydrogen-bond donors (Lipinski definition) is 0. The normalized spacial score (nSPS) is 11.7. The van der Waals surface area contributed by atoms with E-state index >= 15 is 0 Å². The molecule has 0 aliphatic heterocycles. The van der Waals surface area contributed by atoms with Gasteiger partial charge in [0.15, 0.2) is 11.6 Å². The highest BCUT2D eigenvalue weighted by Crippen LogP contribution is 2.35. The molecule has 1 aromatic carbocycles. The van der Waals surface area contributed by atoms with Crippen LogP contribution in [0.15, 0.2) is 15.0 Å². The van der Waals surface area contributed by atoms with Crippen LogP contribution >= 0.6 is 31.9 Å². The van der Waals surface area contributed by atoms with E-state index in [1.54, 1.807) is 0 Å². The van der Waals surface area contributed by atoms with Crippen molar-refractivity contribution in [1.29, 1.82) is 0 Å². The van der Waals surface area contributed by atoms with Crippen LogP contribution in [-0.2, 0) is 0 Å². The van der Waals surface area contributed by atoms with Crippen LogP contribution in [0.25, 0.3) is 0 Å². The Morgan fingerprint density at radius 1 is 1.07 bits per heavy atom. The van der Waals surface area contributed by atoms with Crippen LogP contribution in [0, 0.1) is 11.6 Å². The highest BCUT2D eigenvalue weighted by Gasteiger charge is 2.33. The maximum absolute atomic E-state index is 12.9. The van der Waals surface area contributed by atoms with E-state index in [1.807, 2.05) is 0 Å². The number of alkyl halides is 3. The number of rotatable bonds is 1. The van der Waals surface area contributed by atoms with Crippen LogP contribution in [0.1, 0.15) is 0 Å². The van der Waals surface area contributed by atoms with Gasteiger partial charge < -0.3 is 4.74 Å². The SMILES string of the molecule is Fc1c(OC(F)(F)F)cc(Br)c(Br)c1F. The molecule has 0 atom stereocenters. The van der Waals surface area contributed by atoms with E-state index in [0.717, 1.165) is 0 Å². The Morgan fingerprint density at radius 2 is 1.60 bits per heavy atom. The van der Waals surface area contributed by atoms with E-state index in [9.17, 15) is 22.0 Å². The molecule has 1 nitrogen and oxygen atoms in total. The quantitative estimate of drug-likeness (QED) is 0.412. The van der Waals surface area contributed by atoms with E-state index < -0.39 is 23.7 Å². The lowest BCUT2D eigenvalue weighted by Gasteiger charge is -2.11. The summed E-state index contributed by atoms with van der Waals surface area (Å²) in [5, 5.41) is 0. The molecule has 0 amide bonds. The zero-order valence-corrected chi connectivity index (χ0v) is 9.80. The molecule has 0 saturated carbocycles. The van der Waals surface area contributed by atoms with Crippen LogP contribution in [0.5, 0.6) is 5.75 Å². The molecule has 0 radical (unpaired) electrons. The zero-order chi connectivity index (χ0) is 11.8. The van der Waals surface area contributed by atoms with Gasteiger partial charge in [0.1, 0.15) is 0 Å². The fraction of sp³-hybridized carbons (Fsp3) is 0.143. The van der Waals surface area contributed by atoms with Crippen LogP contribution in [0.3, 0.4) is 0 Å². The minimum Gasteiger partial charge on any atom is -0.402 e. The molecule has 0 aromatic heterocycles. The summed E-state index contributed by atoms with van der Waals surface area (Å²) in [6.07, 6.45) is -5.07. The van der Waals surface area contributed by atoms with Crippen molar-refractivity contribution in [2.45, 2.75) is 6.36 Å². The Hall–Kier alpha value is -0.370. The van der Waals surface area contributed by atoms with E-state index in [-0.39, 0.29) is 8.95 Å². The first-order valence-electron chi connectivity index (χ1n) is 3.31. The molecule has 15 heavy (non-hydrogen) atoms. The molecule has 0 saturated heterocycles. The Bertz CT molecular complexity index is 390. The van der Waals surface area contributed by atoms with Crippen molar-refractivity contribution in [3.05, 3.63) is 26.6 Å². The third kappa shape index (κ3) is 3.04. The maximum atomic E-state index is 12.9. The van der Waals surface area contributed by atoms with Gasteiger partial charge >= 0.3 is 6.36 Å². The van der Waals surface area contributed by atoms with Crippen LogP contribution in [0.2, 0.25) is 0 Å². The monoisotopic (exact) mass is 354 g/mol. The molecule has 1 aromatic rings. The molecule has 0 bridgehead atoms. The highest BCUT2D eigenvalue weighted by atomic mass is 79.9. The number of benzene rings is 1. The molecule has 0 fully saturated rings. The first-order chi connectivity index (χ1) is 6.72. The minimum absolute atomic E-state index is 0.0827. The molecule has 0 spiro atoms. The van der Waals surface area contributed by atoms with Crippen molar-refractivity contribution in [2.75, 3.05) is 0 Å². The van der Waals surface area contributed by atoms with Crippen LogP contribution < -0.4 is 4.74 Å². The first kappa shape index (κ1) is 12.7. The van der Waals surface area contributed by atoms with Crippen LogP contribution in [-0.4, -0.2) is 6.36 Å². The van der Waals surface area contributed by atoms with Crippen molar-refractivity contribution >= 4 is 31.9 Å². The summed E-state index contributed by atoms with van der Waals surface area (Å²) in [5.41, 5.74) is 0. The van der Waals surface area contributed by atoms with Crippen molar-refractivity contribution in [3.8, 4) is 5.75 Å². The fourth-order valence-corrected chi connectivity index (χ4v) is 1.42. The zero-order valence-electron chi connectivity index (χ0n) is 6.63. The van der Waals surface area contributed by atoms with Gasteiger partial charge in [-0.15, -0.1) is 13.2 Å². The number of hydrogen-bond acceptors (Lipinski definition) is 1. The molecule has 0 aliphatic carbocycles. The first-order valence-corrected chi connectivity index (χ1v) is 4.89. The van der Waals surface area contributed by atoms with E-state index in [0.29, 0.717) is 6.07 Å². The lowest BCUT2D eigenvalue weighted by molar-refractivity contribution is -0.275. The van der Waals surface area contributed by atoms with Crippen LogP contribution in [0.4, 0.5) is 22.0 Å². The largest absolute Gasteiger partial charge is 0.573 e. The summed E-state index contributed by atoms with van der Waals surface area (Å²) in [6, 6.07) is 0.677.